The second kappa shape index (κ2) is 20.8. The average Bonchev–Trinajstić information content (AvgIpc) is 3.94. The Balaban J connectivity index is 0.749. The van der Waals surface area contributed by atoms with Crippen LogP contribution in [0.2, 0.25) is 0 Å². The van der Waals surface area contributed by atoms with E-state index in [1.54, 1.807) is 26.4 Å². The van der Waals surface area contributed by atoms with Crippen molar-refractivity contribution in [1.29, 1.82) is 5.26 Å². The number of thioether (sulfide) groups is 1. The number of quaternary nitrogens is 1. The van der Waals surface area contributed by atoms with Crippen molar-refractivity contribution in [1.82, 2.24) is 31.4 Å². The number of likely N-dealkylation sites (tertiary alicyclic amines) is 1. The lowest BCUT2D eigenvalue weighted by Gasteiger charge is -2.52. The van der Waals surface area contributed by atoms with Crippen LogP contribution in [0.4, 0.5) is 0 Å². The first-order valence-corrected chi connectivity index (χ1v) is 27.6. The van der Waals surface area contributed by atoms with E-state index in [0.717, 1.165) is 68.4 Å². The number of nitrogens with one attached hydrogen (secondary N) is 4. The topological polar surface area (TPSA) is 136 Å². The predicted octanol–water partition coefficient (Wildman–Crippen LogP) is 7.81. The number of hydrogen-bond acceptors (Lipinski definition) is 12. The molecule has 2 aromatic carbocycles. The van der Waals surface area contributed by atoms with Crippen LogP contribution in [0.25, 0.3) is 0 Å². The van der Waals surface area contributed by atoms with Gasteiger partial charge in [-0.05, 0) is 144 Å². The number of nitrogens with zero attached hydrogens (tertiary/aromatic N) is 5. The lowest BCUT2D eigenvalue weighted by molar-refractivity contribution is -1.01. The maximum Gasteiger partial charge on any atom is 0.242 e. The highest BCUT2D eigenvalue weighted by molar-refractivity contribution is 8.00. The fraction of sp³-hybridized carbons (Fsp3) is 0.722. The van der Waals surface area contributed by atoms with Crippen molar-refractivity contribution in [2.45, 2.75) is 183 Å². The molecule has 7 fully saturated rings. The number of rotatable bonds is 11. The second-order valence-corrected chi connectivity index (χ2v) is 23.7. The monoisotopic (exact) mass is 951 g/mol. The van der Waals surface area contributed by atoms with E-state index in [-0.39, 0.29) is 42.5 Å². The van der Waals surface area contributed by atoms with Gasteiger partial charge in [-0.25, -0.2) is 15.4 Å². The highest BCUT2D eigenvalue weighted by Crippen LogP contribution is 2.51. The van der Waals surface area contributed by atoms with Crippen molar-refractivity contribution < 1.29 is 23.6 Å². The van der Waals surface area contributed by atoms with E-state index < -0.39 is 0 Å². The lowest BCUT2D eigenvalue weighted by Crippen LogP contribution is -2.75. The molecule has 8 aliphatic rings. The van der Waals surface area contributed by atoms with Crippen molar-refractivity contribution in [2.75, 3.05) is 47.0 Å². The van der Waals surface area contributed by atoms with E-state index in [4.69, 9.17) is 19.2 Å². The number of amides is 1. The molecule has 1 amide bonds. The van der Waals surface area contributed by atoms with Crippen LogP contribution >= 0.6 is 11.8 Å². The Kier molecular flexibility index (Phi) is 14.8. The number of nitriles is 1. The molecule has 370 valence electrons. The third-order valence-corrected chi connectivity index (χ3v) is 19.9. The van der Waals surface area contributed by atoms with Gasteiger partial charge in [0.05, 0.1) is 55.6 Å². The molecule has 14 heteroatoms. The Morgan fingerprint density at radius 2 is 1.71 bits per heavy atom. The third-order valence-electron chi connectivity index (χ3n) is 18.2. The van der Waals surface area contributed by atoms with Crippen molar-refractivity contribution in [3.8, 4) is 17.6 Å². The van der Waals surface area contributed by atoms with E-state index in [1.165, 1.54) is 87.7 Å². The molecule has 0 radical (unpaired) electrons. The first-order valence-electron chi connectivity index (χ1n) is 26.6. The molecule has 13 nitrogen and oxygen atoms in total. The van der Waals surface area contributed by atoms with Gasteiger partial charge in [-0.15, -0.1) is 11.8 Å². The summed E-state index contributed by atoms with van der Waals surface area (Å²) < 4.78 is 18.2. The summed E-state index contributed by atoms with van der Waals surface area (Å²) >= 11 is 2.13. The Hall–Kier alpha value is -3.26. The van der Waals surface area contributed by atoms with Crippen LogP contribution < -0.4 is 31.1 Å². The van der Waals surface area contributed by atoms with Crippen LogP contribution in [0.15, 0.2) is 47.5 Å². The molecule has 8 unspecified atom stereocenters. The summed E-state index contributed by atoms with van der Waals surface area (Å²) in [5.41, 5.74) is 16.3. The molecule has 6 aliphatic heterocycles. The first-order chi connectivity index (χ1) is 33.1. The predicted molar refractivity (Wildman–Crippen MR) is 269 cm³/mol. The second-order valence-electron chi connectivity index (χ2n) is 22.2. The Morgan fingerprint density at radius 1 is 0.941 bits per heavy atom. The van der Waals surface area contributed by atoms with Gasteiger partial charge in [0.25, 0.3) is 0 Å². The SMILES string of the molecule is COCC[C@@H]1N=C(c2ccc(C3CCC4(CC3)CCN(C3CCC(C(=O)NC5CCC(Oc6ccc(C#N)c(OC)c6)CC5)N[N+]35CCCCCC5)C4)cc2)C2C(C)C(C)SC2N2C(C)NNC12. The van der Waals surface area contributed by atoms with Crippen LogP contribution in [0, 0.1) is 28.6 Å². The zero-order chi connectivity index (χ0) is 47.0. The molecule has 2 spiro atoms. The highest BCUT2D eigenvalue weighted by atomic mass is 32.2. The molecular weight excluding hydrogens is 871 g/mol. The molecule has 6 heterocycles. The molecule has 2 saturated carbocycles. The van der Waals surface area contributed by atoms with Gasteiger partial charge >= 0.3 is 0 Å². The zero-order valence-electron chi connectivity index (χ0n) is 41.6. The van der Waals surface area contributed by atoms with Crippen molar-refractivity contribution in [2.24, 2.45) is 22.2 Å². The number of aliphatic imine (C=N–C) groups is 1. The summed E-state index contributed by atoms with van der Waals surface area (Å²) in [5.74, 6) is 2.97. The van der Waals surface area contributed by atoms with Crippen molar-refractivity contribution in [3.63, 3.8) is 0 Å². The van der Waals surface area contributed by atoms with Crippen molar-refractivity contribution in [3.05, 3.63) is 59.2 Å². The van der Waals surface area contributed by atoms with Crippen LogP contribution in [-0.4, -0.2) is 126 Å². The third kappa shape index (κ3) is 9.73. The summed E-state index contributed by atoms with van der Waals surface area (Å²) in [6.45, 7) is 12.4. The number of carbonyl (C=O) groups is 1. The number of hydrazine groups is 1. The van der Waals surface area contributed by atoms with Gasteiger partial charge in [0.2, 0.25) is 5.91 Å². The summed E-state index contributed by atoms with van der Waals surface area (Å²) in [5, 5.41) is 13.8. The minimum atomic E-state index is -0.157. The summed E-state index contributed by atoms with van der Waals surface area (Å²) in [6, 6.07) is 17.4. The Bertz CT molecular complexity index is 2130. The van der Waals surface area contributed by atoms with Gasteiger partial charge in [0.1, 0.15) is 23.6 Å². The lowest BCUT2D eigenvalue weighted by atomic mass is 9.68. The number of benzene rings is 2. The highest BCUT2D eigenvalue weighted by Gasteiger charge is 2.54. The Labute approximate surface area is 410 Å². The van der Waals surface area contributed by atoms with Crippen LogP contribution in [0.1, 0.15) is 146 Å². The van der Waals surface area contributed by atoms with Crippen LogP contribution in [-0.2, 0) is 9.53 Å². The minimum Gasteiger partial charge on any atom is -0.495 e. The number of ether oxygens (including phenoxy) is 3. The van der Waals surface area contributed by atoms with E-state index in [9.17, 15) is 10.1 Å². The van der Waals surface area contributed by atoms with E-state index >= 15 is 0 Å². The molecule has 0 aromatic heterocycles. The zero-order valence-corrected chi connectivity index (χ0v) is 42.4. The van der Waals surface area contributed by atoms with Gasteiger partial charge in [-0.1, -0.05) is 38.1 Å². The molecule has 2 aromatic rings. The fourth-order valence-corrected chi connectivity index (χ4v) is 16.0. The van der Waals surface area contributed by atoms with E-state index in [1.807, 2.05) is 6.07 Å². The van der Waals surface area contributed by atoms with Crippen LogP contribution in [0.3, 0.4) is 0 Å². The van der Waals surface area contributed by atoms with Gasteiger partial charge in [0, 0.05) is 62.2 Å². The number of hydrogen-bond donors (Lipinski definition) is 4. The molecule has 0 bridgehead atoms. The fourth-order valence-electron chi connectivity index (χ4n) is 14.1. The molecule has 68 heavy (non-hydrogen) atoms. The molecule has 4 N–H and O–H groups in total. The number of fused-ring (bicyclic) bond motifs is 3. The largest absolute Gasteiger partial charge is 0.495 e. The van der Waals surface area contributed by atoms with Gasteiger partial charge in [-0.2, -0.15) is 10.7 Å². The van der Waals surface area contributed by atoms with Gasteiger partial charge < -0.3 is 19.5 Å². The molecule has 9 atom stereocenters. The number of carbonyl (C=O) groups excluding carboxylic acids is 1. The maximum atomic E-state index is 14.1. The minimum absolute atomic E-state index is 0.0872. The van der Waals surface area contributed by atoms with Gasteiger partial charge in [0.15, 0.2) is 6.17 Å². The first kappa shape index (κ1) is 48.4. The normalized spacial score (nSPS) is 37.4. The summed E-state index contributed by atoms with van der Waals surface area (Å²) in [6.07, 6.45) is 18.8. The standard InChI is InChI=1S/C54H79N9O4S/c1-35-36(2)68-53-49(35)50(57-45(24-31-65-4)51-59-58-37(3)62(51)53)40-12-10-38(11-13-40)39-22-25-54(26-23-39)27-28-61(34-54)48-21-20-46(60-63(48)29-8-6-7-9-30-63)52(64)56-42-15-18-43(19-16-42)67-44-17-14-41(33-55)47(32-44)66-5/h10-14,17,32,35-37,39,42-43,45-46,48-49,51,53,58-60H,6-9,15-16,18-31,34H2,1-5H3/p+1/t35?,36?,37?,39?,42?,43?,45-,46?,48?,49?,51?,53?,54?/m0/s1. The Morgan fingerprint density at radius 3 is 2.43 bits per heavy atom. The smallest absolute Gasteiger partial charge is 0.242 e. The number of methoxy groups -OCH3 is 2. The summed E-state index contributed by atoms with van der Waals surface area (Å²) in [7, 11) is 3.38. The van der Waals surface area contributed by atoms with E-state index in [2.05, 4.69) is 94.3 Å². The van der Waals surface area contributed by atoms with Crippen molar-refractivity contribution >= 4 is 23.4 Å². The molecule has 10 rings (SSSR count). The maximum absolute atomic E-state index is 14.1. The van der Waals surface area contributed by atoms with Crippen LogP contribution in [0.5, 0.6) is 11.5 Å². The molecule has 5 saturated heterocycles. The average molecular weight is 951 g/mol. The van der Waals surface area contributed by atoms with E-state index in [0.29, 0.717) is 57.9 Å². The molecular formula is C54H80N9O4S+. The molecule has 2 aliphatic carbocycles. The summed E-state index contributed by atoms with van der Waals surface area (Å²) in [4.78, 5) is 25.3. The quantitative estimate of drug-likeness (QED) is 0.164. The van der Waals surface area contributed by atoms with Gasteiger partial charge in [-0.3, -0.25) is 19.6 Å².